The summed E-state index contributed by atoms with van der Waals surface area (Å²) in [6, 6.07) is 8.31. The SMILES string of the molecule is CCCCCCCCCCCCCCCCCC(=O)N[C@@H](Cc1ccccc1)C(=O)NC(C)CC(=O)O.CC[N+](CC)(CC)CC. The summed E-state index contributed by atoms with van der Waals surface area (Å²) in [5, 5.41) is 14.6. The third-order valence-corrected chi connectivity index (χ3v) is 9.49. The molecule has 0 fully saturated rings. The van der Waals surface area contributed by atoms with Crippen LogP contribution in [0.15, 0.2) is 30.3 Å². The molecular formula is C39H72N3O4+. The molecule has 7 heteroatoms. The first kappa shape index (κ1) is 43.6. The van der Waals surface area contributed by atoms with E-state index in [0.29, 0.717) is 12.8 Å². The Morgan fingerprint density at radius 1 is 0.652 bits per heavy atom. The van der Waals surface area contributed by atoms with Crippen molar-refractivity contribution < 1.29 is 24.0 Å². The van der Waals surface area contributed by atoms with Crippen LogP contribution in [-0.4, -0.2) is 65.6 Å². The van der Waals surface area contributed by atoms with Gasteiger partial charge in [-0.2, -0.15) is 0 Å². The highest BCUT2D eigenvalue weighted by molar-refractivity contribution is 5.88. The number of carboxylic acids is 1. The maximum Gasteiger partial charge on any atom is 0.305 e. The van der Waals surface area contributed by atoms with E-state index in [-0.39, 0.29) is 18.2 Å². The lowest BCUT2D eigenvalue weighted by Gasteiger charge is -2.34. The van der Waals surface area contributed by atoms with E-state index in [4.69, 9.17) is 5.11 Å². The molecule has 1 aromatic rings. The van der Waals surface area contributed by atoms with Gasteiger partial charge in [0.15, 0.2) is 0 Å². The zero-order chi connectivity index (χ0) is 34.5. The largest absolute Gasteiger partial charge is 0.481 e. The zero-order valence-corrected chi connectivity index (χ0v) is 30.7. The maximum absolute atomic E-state index is 12.8. The Labute approximate surface area is 283 Å². The minimum Gasteiger partial charge on any atom is -0.481 e. The van der Waals surface area contributed by atoms with Crippen molar-refractivity contribution in [3.8, 4) is 0 Å². The summed E-state index contributed by atoms with van der Waals surface area (Å²) in [4.78, 5) is 36.3. The number of unbranched alkanes of at least 4 members (excludes halogenated alkanes) is 14. The Balaban J connectivity index is 0.00000195. The fraction of sp³-hybridized carbons (Fsp3) is 0.769. The van der Waals surface area contributed by atoms with Crippen LogP contribution in [0.2, 0.25) is 0 Å². The lowest BCUT2D eigenvalue weighted by atomic mass is 10.0. The molecule has 0 saturated heterocycles. The molecule has 0 spiro atoms. The topological polar surface area (TPSA) is 95.5 Å². The molecule has 266 valence electrons. The molecule has 0 aromatic heterocycles. The van der Waals surface area contributed by atoms with Gasteiger partial charge in [-0.25, -0.2) is 0 Å². The molecule has 46 heavy (non-hydrogen) atoms. The van der Waals surface area contributed by atoms with Gasteiger partial charge in [0.05, 0.1) is 32.6 Å². The van der Waals surface area contributed by atoms with Crippen LogP contribution >= 0.6 is 0 Å². The minimum absolute atomic E-state index is 0.128. The molecule has 0 aliphatic heterocycles. The van der Waals surface area contributed by atoms with Crippen molar-refractivity contribution in [3.63, 3.8) is 0 Å². The normalized spacial score (nSPS) is 12.5. The third-order valence-electron chi connectivity index (χ3n) is 9.49. The van der Waals surface area contributed by atoms with Gasteiger partial charge in [0.25, 0.3) is 0 Å². The van der Waals surface area contributed by atoms with Gasteiger partial charge in [-0.05, 0) is 46.6 Å². The number of hydrogen-bond acceptors (Lipinski definition) is 3. The second-order valence-electron chi connectivity index (χ2n) is 13.1. The van der Waals surface area contributed by atoms with Crippen LogP contribution in [0.3, 0.4) is 0 Å². The lowest BCUT2D eigenvalue weighted by Crippen LogP contribution is -2.50. The molecule has 2 atom stereocenters. The smallest absolute Gasteiger partial charge is 0.305 e. The van der Waals surface area contributed by atoms with Gasteiger partial charge >= 0.3 is 5.97 Å². The Morgan fingerprint density at radius 3 is 1.48 bits per heavy atom. The van der Waals surface area contributed by atoms with E-state index in [0.717, 1.165) is 24.8 Å². The second kappa shape index (κ2) is 28.8. The van der Waals surface area contributed by atoms with Gasteiger partial charge in [-0.1, -0.05) is 127 Å². The minimum atomic E-state index is -0.968. The Kier molecular flexibility index (Phi) is 27.3. The maximum atomic E-state index is 12.8. The Morgan fingerprint density at radius 2 is 1.09 bits per heavy atom. The van der Waals surface area contributed by atoms with Crippen molar-refractivity contribution in [1.29, 1.82) is 0 Å². The van der Waals surface area contributed by atoms with Crippen molar-refractivity contribution in [1.82, 2.24) is 10.6 Å². The van der Waals surface area contributed by atoms with Crippen LogP contribution in [0.1, 0.15) is 156 Å². The zero-order valence-electron chi connectivity index (χ0n) is 30.7. The standard InChI is InChI=1S/C31H52N2O4.C8H20N/c1-3-4-5-6-7-8-9-10-11-12-13-14-15-16-20-23-29(34)33-28(25-27-21-18-17-19-22-27)31(37)32-26(2)24-30(35)36;1-5-9(6-2,7-3)8-4/h17-19,21-22,26,28H,3-16,20,23-25H2,1-2H3,(H,32,37)(H,33,34)(H,35,36);5-8H2,1-4H3/q;+1/t26?,28-;/m0./s1. The van der Waals surface area contributed by atoms with E-state index < -0.39 is 18.1 Å². The number of aliphatic carboxylic acids is 1. The van der Waals surface area contributed by atoms with E-state index in [1.54, 1.807) is 6.92 Å². The molecular weight excluding hydrogens is 574 g/mol. The van der Waals surface area contributed by atoms with Crippen LogP contribution < -0.4 is 10.6 Å². The Hall–Kier alpha value is -2.41. The van der Waals surface area contributed by atoms with Crippen molar-refractivity contribution >= 4 is 17.8 Å². The molecule has 0 heterocycles. The first-order valence-electron chi connectivity index (χ1n) is 18.9. The summed E-state index contributed by atoms with van der Waals surface area (Å²) in [6.45, 7) is 18.1. The fourth-order valence-corrected chi connectivity index (χ4v) is 5.98. The summed E-state index contributed by atoms with van der Waals surface area (Å²) in [5.74, 6) is -1.44. The summed E-state index contributed by atoms with van der Waals surface area (Å²) >= 11 is 0. The van der Waals surface area contributed by atoms with Crippen molar-refractivity contribution in [2.24, 2.45) is 0 Å². The predicted molar refractivity (Wildman–Crippen MR) is 194 cm³/mol. The number of nitrogens with one attached hydrogen (secondary N) is 2. The van der Waals surface area contributed by atoms with Crippen LogP contribution in [0.4, 0.5) is 0 Å². The second-order valence-corrected chi connectivity index (χ2v) is 13.1. The number of amides is 2. The van der Waals surface area contributed by atoms with Crippen LogP contribution in [0.25, 0.3) is 0 Å². The van der Waals surface area contributed by atoms with Gasteiger partial charge in [-0.15, -0.1) is 0 Å². The molecule has 0 radical (unpaired) electrons. The molecule has 0 bridgehead atoms. The highest BCUT2D eigenvalue weighted by atomic mass is 16.4. The molecule has 2 amide bonds. The highest BCUT2D eigenvalue weighted by Crippen LogP contribution is 2.14. The molecule has 0 aliphatic carbocycles. The van der Waals surface area contributed by atoms with Crippen LogP contribution in [0.5, 0.6) is 0 Å². The predicted octanol–water partition coefficient (Wildman–Crippen LogP) is 8.84. The fourth-order valence-electron chi connectivity index (χ4n) is 5.98. The lowest BCUT2D eigenvalue weighted by molar-refractivity contribution is -0.921. The molecule has 7 nitrogen and oxygen atoms in total. The quantitative estimate of drug-likeness (QED) is 0.0657. The summed E-state index contributed by atoms with van der Waals surface area (Å²) in [5.41, 5.74) is 0.945. The molecule has 3 N–H and O–H groups in total. The summed E-state index contributed by atoms with van der Waals surface area (Å²) in [7, 11) is 0. The number of benzene rings is 1. The third kappa shape index (κ3) is 23.0. The van der Waals surface area contributed by atoms with Gasteiger partial charge in [0, 0.05) is 18.9 Å². The van der Waals surface area contributed by atoms with E-state index >= 15 is 0 Å². The Bertz CT molecular complexity index is 871. The molecule has 0 aliphatic rings. The number of nitrogens with zero attached hydrogens (tertiary/aromatic N) is 1. The molecule has 1 rings (SSSR count). The number of rotatable bonds is 27. The van der Waals surface area contributed by atoms with E-state index in [1.165, 1.54) is 108 Å². The van der Waals surface area contributed by atoms with Gasteiger partial charge in [0.1, 0.15) is 6.04 Å². The number of hydrogen-bond donors (Lipinski definition) is 3. The van der Waals surface area contributed by atoms with Crippen LogP contribution in [-0.2, 0) is 20.8 Å². The van der Waals surface area contributed by atoms with E-state index in [2.05, 4.69) is 45.3 Å². The van der Waals surface area contributed by atoms with E-state index in [9.17, 15) is 14.4 Å². The number of carbonyl (C=O) groups is 3. The van der Waals surface area contributed by atoms with E-state index in [1.807, 2.05) is 30.3 Å². The molecule has 1 aromatic carbocycles. The molecule has 1 unspecified atom stereocenters. The average molecular weight is 647 g/mol. The van der Waals surface area contributed by atoms with Crippen LogP contribution in [0, 0.1) is 0 Å². The summed E-state index contributed by atoms with van der Waals surface area (Å²) < 4.78 is 1.28. The summed E-state index contributed by atoms with van der Waals surface area (Å²) in [6.07, 6.45) is 19.8. The van der Waals surface area contributed by atoms with Crippen molar-refractivity contribution in [2.75, 3.05) is 26.2 Å². The molecule has 0 saturated carbocycles. The van der Waals surface area contributed by atoms with Gasteiger partial charge in [-0.3, -0.25) is 14.4 Å². The van der Waals surface area contributed by atoms with Gasteiger partial charge in [0.2, 0.25) is 11.8 Å². The number of carboxylic acid groups (broad SMARTS) is 1. The number of quaternary nitrogens is 1. The number of carbonyl (C=O) groups excluding carboxylic acids is 2. The van der Waals surface area contributed by atoms with Crippen molar-refractivity contribution in [2.45, 2.75) is 169 Å². The van der Waals surface area contributed by atoms with Crippen molar-refractivity contribution in [3.05, 3.63) is 35.9 Å². The monoisotopic (exact) mass is 647 g/mol. The van der Waals surface area contributed by atoms with Gasteiger partial charge < -0.3 is 20.2 Å². The average Bonchev–Trinajstić information content (AvgIpc) is 3.04. The first-order chi connectivity index (χ1) is 22.2. The highest BCUT2D eigenvalue weighted by Gasteiger charge is 2.23. The first-order valence-corrected chi connectivity index (χ1v) is 18.9.